The highest BCUT2D eigenvalue weighted by molar-refractivity contribution is 9.11. The van der Waals surface area contributed by atoms with Crippen molar-refractivity contribution in [2.45, 2.75) is 19.5 Å². The fourth-order valence-corrected chi connectivity index (χ4v) is 3.60. The maximum Gasteiger partial charge on any atom is 0.239 e. The second-order valence-electron chi connectivity index (χ2n) is 4.60. The Morgan fingerprint density at radius 3 is 2.53 bits per heavy atom. The first-order valence-electron chi connectivity index (χ1n) is 6.07. The van der Waals surface area contributed by atoms with Crippen LogP contribution in [0.3, 0.4) is 0 Å². The molecule has 1 unspecified atom stereocenters. The molecular formula is C12H19BrClN3OS. The highest BCUT2D eigenvalue weighted by Gasteiger charge is 2.23. The van der Waals surface area contributed by atoms with Gasteiger partial charge in [-0.15, -0.1) is 23.7 Å². The fourth-order valence-electron chi connectivity index (χ4n) is 2.07. The molecule has 0 aliphatic carbocycles. The number of carbonyl (C=O) groups excluding carboxylic acids is 1. The molecule has 1 atom stereocenters. The summed E-state index contributed by atoms with van der Waals surface area (Å²) < 4.78 is 1.17. The number of hydrogen-bond donors (Lipinski definition) is 1. The molecule has 2 rings (SSSR count). The normalized spacial score (nSPS) is 17.9. The first-order chi connectivity index (χ1) is 8.56. The minimum absolute atomic E-state index is 0. The van der Waals surface area contributed by atoms with Crippen molar-refractivity contribution in [3.63, 3.8) is 0 Å². The van der Waals surface area contributed by atoms with E-state index in [1.807, 2.05) is 4.90 Å². The van der Waals surface area contributed by atoms with E-state index in [2.05, 4.69) is 33.0 Å². The SMILES string of the molecule is CC(N)C(=O)N1CCN(Cc2ccc(Br)s2)CC1.Cl. The Balaban J connectivity index is 0.00000180. The fraction of sp³-hybridized carbons (Fsp3) is 0.583. The Labute approximate surface area is 132 Å². The molecule has 0 bridgehead atoms. The van der Waals surface area contributed by atoms with E-state index in [-0.39, 0.29) is 24.4 Å². The van der Waals surface area contributed by atoms with E-state index in [0.29, 0.717) is 0 Å². The molecular weight excluding hydrogens is 350 g/mol. The van der Waals surface area contributed by atoms with Crippen LogP contribution >= 0.6 is 39.7 Å². The zero-order valence-electron chi connectivity index (χ0n) is 10.8. The van der Waals surface area contributed by atoms with E-state index in [1.54, 1.807) is 18.3 Å². The van der Waals surface area contributed by atoms with Crippen LogP contribution in [0.25, 0.3) is 0 Å². The summed E-state index contributed by atoms with van der Waals surface area (Å²) in [6.07, 6.45) is 0. The molecule has 19 heavy (non-hydrogen) atoms. The Bertz CT molecular complexity index is 419. The van der Waals surface area contributed by atoms with Crippen molar-refractivity contribution < 1.29 is 4.79 Å². The second kappa shape index (κ2) is 7.59. The topological polar surface area (TPSA) is 49.6 Å². The lowest BCUT2D eigenvalue weighted by molar-refractivity contribution is -0.134. The van der Waals surface area contributed by atoms with Crippen molar-refractivity contribution in [3.8, 4) is 0 Å². The number of amides is 1. The smallest absolute Gasteiger partial charge is 0.239 e. The van der Waals surface area contributed by atoms with Crippen molar-refractivity contribution in [2.75, 3.05) is 26.2 Å². The monoisotopic (exact) mass is 367 g/mol. The van der Waals surface area contributed by atoms with Gasteiger partial charge in [0.15, 0.2) is 0 Å². The van der Waals surface area contributed by atoms with Gasteiger partial charge < -0.3 is 10.6 Å². The largest absolute Gasteiger partial charge is 0.339 e. The molecule has 1 amide bonds. The summed E-state index contributed by atoms with van der Waals surface area (Å²) in [6, 6.07) is 3.84. The summed E-state index contributed by atoms with van der Waals surface area (Å²) in [7, 11) is 0. The van der Waals surface area contributed by atoms with Crippen LogP contribution in [0.5, 0.6) is 0 Å². The van der Waals surface area contributed by atoms with Crippen LogP contribution in [0.2, 0.25) is 0 Å². The second-order valence-corrected chi connectivity index (χ2v) is 7.14. The van der Waals surface area contributed by atoms with Crippen molar-refractivity contribution in [1.29, 1.82) is 0 Å². The first kappa shape index (κ1) is 16.9. The maximum atomic E-state index is 11.7. The van der Waals surface area contributed by atoms with Gasteiger partial charge in [0.2, 0.25) is 5.91 Å². The zero-order chi connectivity index (χ0) is 13.1. The van der Waals surface area contributed by atoms with E-state index in [0.717, 1.165) is 32.7 Å². The van der Waals surface area contributed by atoms with E-state index in [4.69, 9.17) is 5.73 Å². The van der Waals surface area contributed by atoms with Gasteiger partial charge in [-0.2, -0.15) is 0 Å². The van der Waals surface area contributed by atoms with E-state index < -0.39 is 0 Å². The predicted octanol–water partition coefficient (Wildman–Crippen LogP) is 1.92. The van der Waals surface area contributed by atoms with Crippen molar-refractivity contribution >= 4 is 45.6 Å². The Kier molecular flexibility index (Phi) is 6.76. The molecule has 2 heterocycles. The number of halogens is 2. The molecule has 1 saturated heterocycles. The van der Waals surface area contributed by atoms with Crippen LogP contribution in [-0.4, -0.2) is 47.9 Å². The third kappa shape index (κ3) is 4.72. The minimum Gasteiger partial charge on any atom is -0.339 e. The minimum atomic E-state index is -0.384. The van der Waals surface area contributed by atoms with Crippen molar-refractivity contribution in [3.05, 3.63) is 20.8 Å². The number of nitrogens with zero attached hydrogens (tertiary/aromatic N) is 2. The average Bonchev–Trinajstić information content (AvgIpc) is 2.75. The number of piperazine rings is 1. The molecule has 2 N–H and O–H groups in total. The summed E-state index contributed by atoms with van der Waals surface area (Å²) in [5, 5.41) is 0. The van der Waals surface area contributed by atoms with Gasteiger partial charge in [0.1, 0.15) is 0 Å². The van der Waals surface area contributed by atoms with Crippen LogP contribution in [-0.2, 0) is 11.3 Å². The molecule has 4 nitrogen and oxygen atoms in total. The van der Waals surface area contributed by atoms with E-state index in [9.17, 15) is 4.79 Å². The summed E-state index contributed by atoms with van der Waals surface area (Å²) in [5.74, 6) is 0.0634. The molecule has 0 spiro atoms. The predicted molar refractivity (Wildman–Crippen MR) is 84.8 cm³/mol. The molecule has 1 aliphatic rings. The van der Waals surface area contributed by atoms with Gasteiger partial charge in [0, 0.05) is 37.6 Å². The number of carbonyl (C=O) groups is 1. The molecule has 1 aromatic heterocycles. The van der Waals surface area contributed by atoms with Gasteiger partial charge in [-0.3, -0.25) is 9.69 Å². The molecule has 1 aromatic rings. The van der Waals surface area contributed by atoms with Gasteiger partial charge in [0.25, 0.3) is 0 Å². The average molecular weight is 369 g/mol. The van der Waals surface area contributed by atoms with Gasteiger partial charge in [-0.25, -0.2) is 0 Å². The highest BCUT2D eigenvalue weighted by atomic mass is 79.9. The summed E-state index contributed by atoms with van der Waals surface area (Å²) in [6.45, 7) is 6.14. The first-order valence-corrected chi connectivity index (χ1v) is 7.68. The molecule has 0 saturated carbocycles. The third-order valence-electron chi connectivity index (χ3n) is 3.08. The van der Waals surface area contributed by atoms with Crippen molar-refractivity contribution in [1.82, 2.24) is 9.80 Å². The molecule has 0 radical (unpaired) electrons. The standard InChI is InChI=1S/C12H18BrN3OS.ClH/c1-9(14)12(17)16-6-4-15(5-7-16)8-10-2-3-11(13)18-10;/h2-3,9H,4-8,14H2,1H3;1H. The summed E-state index contributed by atoms with van der Waals surface area (Å²) >= 11 is 5.24. The van der Waals surface area contributed by atoms with Crippen LogP contribution in [0, 0.1) is 0 Å². The van der Waals surface area contributed by atoms with Gasteiger partial charge in [-0.05, 0) is 35.0 Å². The molecule has 1 fully saturated rings. The lowest BCUT2D eigenvalue weighted by atomic mass is 10.2. The number of nitrogens with two attached hydrogens (primary N) is 1. The maximum absolute atomic E-state index is 11.7. The number of thiophene rings is 1. The molecule has 0 aromatic carbocycles. The van der Waals surface area contributed by atoms with Gasteiger partial charge in [-0.1, -0.05) is 0 Å². The van der Waals surface area contributed by atoms with Gasteiger partial charge in [0.05, 0.1) is 9.83 Å². The highest BCUT2D eigenvalue weighted by Crippen LogP contribution is 2.23. The van der Waals surface area contributed by atoms with E-state index in [1.165, 1.54) is 8.66 Å². The molecule has 108 valence electrons. The van der Waals surface area contributed by atoms with Crippen LogP contribution in [0.4, 0.5) is 0 Å². The Morgan fingerprint density at radius 2 is 2.05 bits per heavy atom. The summed E-state index contributed by atoms with van der Waals surface area (Å²) in [5.41, 5.74) is 5.62. The molecule has 1 aliphatic heterocycles. The van der Waals surface area contributed by atoms with Crippen LogP contribution < -0.4 is 5.73 Å². The van der Waals surface area contributed by atoms with Crippen LogP contribution in [0.1, 0.15) is 11.8 Å². The lowest BCUT2D eigenvalue weighted by Gasteiger charge is -2.35. The number of rotatable bonds is 3. The number of hydrogen-bond acceptors (Lipinski definition) is 4. The lowest BCUT2D eigenvalue weighted by Crippen LogP contribution is -2.52. The van der Waals surface area contributed by atoms with Gasteiger partial charge >= 0.3 is 0 Å². The Hall–Kier alpha value is -0.140. The van der Waals surface area contributed by atoms with Crippen molar-refractivity contribution in [2.24, 2.45) is 5.73 Å². The molecule has 7 heteroatoms. The Morgan fingerprint density at radius 1 is 1.42 bits per heavy atom. The van der Waals surface area contributed by atoms with Crippen LogP contribution in [0.15, 0.2) is 15.9 Å². The summed E-state index contributed by atoms with van der Waals surface area (Å²) in [4.78, 5) is 17.3. The van der Waals surface area contributed by atoms with E-state index >= 15 is 0 Å². The quantitative estimate of drug-likeness (QED) is 0.887. The zero-order valence-corrected chi connectivity index (χ0v) is 14.1. The third-order valence-corrected chi connectivity index (χ3v) is 4.69.